The average molecular weight is 312 g/mol. The van der Waals surface area contributed by atoms with Crippen molar-refractivity contribution in [2.75, 3.05) is 13.1 Å². The number of carboxylic acids is 1. The number of carbonyl (C=O) groups excluding carboxylic acids is 1. The van der Waals surface area contributed by atoms with E-state index in [1.807, 2.05) is 0 Å². The molecule has 0 radical (unpaired) electrons. The van der Waals surface area contributed by atoms with E-state index >= 15 is 0 Å². The molecule has 0 spiro atoms. The Hall–Kier alpha value is -1.88. The van der Waals surface area contributed by atoms with Gasteiger partial charge in [0.1, 0.15) is 5.82 Å². The molecule has 1 atom stereocenters. The molecule has 21 heavy (non-hydrogen) atoms. The van der Waals surface area contributed by atoms with Crippen molar-refractivity contribution < 1.29 is 19.1 Å². The number of aliphatic carboxylic acids is 1. The van der Waals surface area contributed by atoms with Gasteiger partial charge in [-0.05, 0) is 31.6 Å². The minimum absolute atomic E-state index is 0.146. The largest absolute Gasteiger partial charge is 0.481 e. The van der Waals surface area contributed by atoms with Gasteiger partial charge in [0.05, 0.1) is 10.4 Å². The molecule has 1 saturated heterocycles. The Morgan fingerprint density at radius 3 is 2.76 bits per heavy atom. The lowest BCUT2D eigenvalue weighted by molar-refractivity contribution is -0.147. The average Bonchev–Trinajstić information content (AvgIpc) is 2.82. The maximum absolute atomic E-state index is 13.6. The number of hydrogen-bond donors (Lipinski definition) is 1. The van der Waals surface area contributed by atoms with Gasteiger partial charge in [0.2, 0.25) is 5.91 Å². The first-order valence-electron chi connectivity index (χ1n) is 6.48. The molecule has 112 valence electrons. The summed E-state index contributed by atoms with van der Waals surface area (Å²) in [6.45, 7) is 2.13. The maximum Gasteiger partial charge on any atom is 0.311 e. The van der Waals surface area contributed by atoms with Crippen LogP contribution in [0.2, 0.25) is 5.02 Å². The number of benzene rings is 1. The van der Waals surface area contributed by atoms with E-state index in [0.717, 1.165) is 0 Å². The third-order valence-corrected chi connectivity index (χ3v) is 4.02. The van der Waals surface area contributed by atoms with Crippen molar-refractivity contribution in [1.29, 1.82) is 0 Å². The standard InChI is InChI=1S/C15H15ClFNO3/c1-15(14(20)21)7-8-18(9-15)13(19)6-5-10-11(16)3-2-4-12(10)17/h2-6H,7-9H2,1H3,(H,20,21). The number of nitrogens with zero attached hydrogens (tertiary/aromatic N) is 1. The second-order valence-electron chi connectivity index (χ2n) is 5.34. The van der Waals surface area contributed by atoms with Crippen LogP contribution in [0.5, 0.6) is 0 Å². The Kier molecular flexibility index (Phi) is 4.32. The predicted molar refractivity (Wildman–Crippen MR) is 77.4 cm³/mol. The van der Waals surface area contributed by atoms with Crippen molar-refractivity contribution in [3.05, 3.63) is 40.7 Å². The number of likely N-dealkylation sites (tertiary alicyclic amines) is 1. The van der Waals surface area contributed by atoms with Crippen LogP contribution >= 0.6 is 11.6 Å². The summed E-state index contributed by atoms with van der Waals surface area (Å²) < 4.78 is 13.6. The first kappa shape index (κ1) is 15.5. The van der Waals surface area contributed by atoms with E-state index in [9.17, 15) is 14.0 Å². The Bertz CT molecular complexity index is 597. The van der Waals surface area contributed by atoms with Gasteiger partial charge in [0, 0.05) is 24.7 Å². The molecule has 2 rings (SSSR count). The summed E-state index contributed by atoms with van der Waals surface area (Å²) in [6, 6.07) is 4.27. The van der Waals surface area contributed by atoms with Gasteiger partial charge in [-0.3, -0.25) is 9.59 Å². The summed E-state index contributed by atoms with van der Waals surface area (Å²) in [4.78, 5) is 24.6. The molecule has 0 aliphatic carbocycles. The highest BCUT2D eigenvalue weighted by molar-refractivity contribution is 6.32. The van der Waals surface area contributed by atoms with Crippen molar-refractivity contribution >= 4 is 29.6 Å². The Morgan fingerprint density at radius 1 is 1.48 bits per heavy atom. The van der Waals surface area contributed by atoms with E-state index in [2.05, 4.69) is 0 Å². The van der Waals surface area contributed by atoms with E-state index in [-0.39, 0.29) is 23.0 Å². The fraction of sp³-hybridized carbons (Fsp3) is 0.333. The summed E-state index contributed by atoms with van der Waals surface area (Å²) >= 11 is 5.87. The van der Waals surface area contributed by atoms with Crippen molar-refractivity contribution in [1.82, 2.24) is 4.90 Å². The molecule has 1 heterocycles. The van der Waals surface area contributed by atoms with Crippen molar-refractivity contribution in [2.24, 2.45) is 5.41 Å². The Morgan fingerprint density at radius 2 is 2.19 bits per heavy atom. The summed E-state index contributed by atoms with van der Waals surface area (Å²) in [5.74, 6) is -1.78. The zero-order valence-corrected chi connectivity index (χ0v) is 12.2. The third-order valence-electron chi connectivity index (χ3n) is 3.69. The first-order chi connectivity index (χ1) is 9.83. The molecule has 0 aromatic heterocycles. The number of halogens is 2. The summed E-state index contributed by atoms with van der Waals surface area (Å²) in [5, 5.41) is 9.35. The van der Waals surface area contributed by atoms with Crippen LogP contribution in [0.1, 0.15) is 18.9 Å². The van der Waals surface area contributed by atoms with Crippen molar-refractivity contribution in [3.63, 3.8) is 0 Å². The fourth-order valence-corrected chi connectivity index (χ4v) is 2.48. The molecule has 6 heteroatoms. The van der Waals surface area contributed by atoms with E-state index in [1.54, 1.807) is 6.92 Å². The topological polar surface area (TPSA) is 57.6 Å². The zero-order chi connectivity index (χ0) is 15.6. The molecule has 1 aliphatic rings. The summed E-state index contributed by atoms with van der Waals surface area (Å²) in [6.07, 6.45) is 2.94. The molecule has 0 bridgehead atoms. The molecule has 1 unspecified atom stereocenters. The third kappa shape index (κ3) is 3.24. The summed E-state index contributed by atoms with van der Waals surface area (Å²) in [5.41, 5.74) is -0.771. The van der Waals surface area contributed by atoms with Crippen LogP contribution in [0, 0.1) is 11.2 Å². The smallest absolute Gasteiger partial charge is 0.311 e. The molecule has 1 amide bonds. The quantitative estimate of drug-likeness (QED) is 0.873. The molecular formula is C15H15ClFNO3. The molecule has 0 saturated carbocycles. The monoisotopic (exact) mass is 311 g/mol. The number of rotatable bonds is 3. The fourth-order valence-electron chi connectivity index (χ4n) is 2.25. The molecule has 1 aliphatic heterocycles. The second kappa shape index (κ2) is 5.85. The number of carbonyl (C=O) groups is 2. The van der Waals surface area contributed by atoms with Gasteiger partial charge in [0.15, 0.2) is 0 Å². The number of carboxylic acid groups (broad SMARTS) is 1. The normalized spacial score (nSPS) is 22.0. The predicted octanol–water partition coefficient (Wildman–Crippen LogP) is 2.82. The van der Waals surface area contributed by atoms with Crippen LogP contribution < -0.4 is 0 Å². The minimum Gasteiger partial charge on any atom is -0.481 e. The second-order valence-corrected chi connectivity index (χ2v) is 5.75. The van der Waals surface area contributed by atoms with E-state index in [0.29, 0.717) is 13.0 Å². The molecular weight excluding hydrogens is 297 g/mol. The van der Waals surface area contributed by atoms with Crippen LogP contribution in [-0.2, 0) is 9.59 Å². The minimum atomic E-state index is -0.918. The first-order valence-corrected chi connectivity index (χ1v) is 6.86. The number of amides is 1. The Balaban J connectivity index is 2.09. The van der Waals surface area contributed by atoms with Crippen LogP contribution in [0.4, 0.5) is 4.39 Å². The van der Waals surface area contributed by atoms with Crippen molar-refractivity contribution in [3.8, 4) is 0 Å². The van der Waals surface area contributed by atoms with E-state index < -0.39 is 17.2 Å². The molecule has 1 N–H and O–H groups in total. The van der Waals surface area contributed by atoms with Crippen molar-refractivity contribution in [2.45, 2.75) is 13.3 Å². The lowest BCUT2D eigenvalue weighted by atomic mass is 9.90. The SMILES string of the molecule is CC1(C(=O)O)CCN(C(=O)C=Cc2c(F)cccc2Cl)C1. The van der Waals surface area contributed by atoms with Gasteiger partial charge < -0.3 is 10.0 Å². The van der Waals surface area contributed by atoms with Gasteiger partial charge in [-0.2, -0.15) is 0 Å². The van der Waals surface area contributed by atoms with Gasteiger partial charge in [-0.25, -0.2) is 4.39 Å². The maximum atomic E-state index is 13.6. The molecule has 4 nitrogen and oxygen atoms in total. The van der Waals surface area contributed by atoms with Crippen LogP contribution in [-0.4, -0.2) is 35.0 Å². The summed E-state index contributed by atoms with van der Waals surface area (Å²) in [7, 11) is 0. The lowest BCUT2D eigenvalue weighted by Gasteiger charge is -2.19. The highest BCUT2D eigenvalue weighted by Gasteiger charge is 2.41. The highest BCUT2D eigenvalue weighted by Crippen LogP contribution is 2.30. The molecule has 1 aromatic rings. The van der Waals surface area contributed by atoms with E-state index in [4.69, 9.17) is 16.7 Å². The lowest BCUT2D eigenvalue weighted by Crippen LogP contribution is -2.34. The Labute approximate surface area is 126 Å². The van der Waals surface area contributed by atoms with Crippen LogP contribution in [0.25, 0.3) is 6.08 Å². The van der Waals surface area contributed by atoms with Crippen LogP contribution in [0.3, 0.4) is 0 Å². The van der Waals surface area contributed by atoms with Gasteiger partial charge >= 0.3 is 5.97 Å². The zero-order valence-electron chi connectivity index (χ0n) is 11.5. The van der Waals surface area contributed by atoms with Gasteiger partial charge in [-0.1, -0.05) is 17.7 Å². The highest BCUT2D eigenvalue weighted by atomic mass is 35.5. The van der Waals surface area contributed by atoms with Gasteiger partial charge in [0.25, 0.3) is 0 Å². The number of hydrogen-bond acceptors (Lipinski definition) is 2. The van der Waals surface area contributed by atoms with Crippen LogP contribution in [0.15, 0.2) is 24.3 Å². The van der Waals surface area contributed by atoms with Gasteiger partial charge in [-0.15, -0.1) is 0 Å². The molecule has 1 fully saturated rings. The van der Waals surface area contributed by atoms with E-state index in [1.165, 1.54) is 35.3 Å². The molecule has 1 aromatic carbocycles.